The van der Waals surface area contributed by atoms with Crippen molar-refractivity contribution in [2.45, 2.75) is 19.3 Å². The second-order valence-corrected chi connectivity index (χ2v) is 5.61. The van der Waals surface area contributed by atoms with Crippen molar-refractivity contribution in [3.05, 3.63) is 36.7 Å². The molecular formula is C17H22N3O. The fourth-order valence-electron chi connectivity index (χ4n) is 2.75. The van der Waals surface area contributed by atoms with Gasteiger partial charge in [-0.25, -0.2) is 0 Å². The summed E-state index contributed by atoms with van der Waals surface area (Å²) in [7, 11) is 1.92. The van der Waals surface area contributed by atoms with Gasteiger partial charge in [0.1, 0.15) is 12.4 Å². The molecule has 0 amide bonds. The van der Waals surface area contributed by atoms with E-state index >= 15 is 0 Å². The van der Waals surface area contributed by atoms with Crippen molar-refractivity contribution < 1.29 is 4.74 Å². The molecule has 1 aliphatic rings. The second kappa shape index (κ2) is 6.76. The van der Waals surface area contributed by atoms with Crippen LogP contribution in [0.5, 0.6) is 5.75 Å². The predicted molar refractivity (Wildman–Crippen MR) is 83.3 cm³/mol. The van der Waals surface area contributed by atoms with Gasteiger partial charge in [-0.3, -0.25) is 9.58 Å². The van der Waals surface area contributed by atoms with Gasteiger partial charge >= 0.3 is 0 Å². The van der Waals surface area contributed by atoms with Gasteiger partial charge in [-0.15, -0.1) is 0 Å². The zero-order valence-electron chi connectivity index (χ0n) is 12.6. The Balaban J connectivity index is 1.56. The first-order chi connectivity index (χ1) is 10.3. The molecule has 0 atom stereocenters. The molecule has 3 rings (SSSR count). The number of benzene rings is 1. The van der Waals surface area contributed by atoms with Crippen LogP contribution in [0.4, 0.5) is 0 Å². The molecule has 0 bridgehead atoms. The van der Waals surface area contributed by atoms with Crippen LogP contribution in [0.25, 0.3) is 11.1 Å². The number of rotatable bonds is 5. The smallest absolute Gasteiger partial charge is 0.120 e. The van der Waals surface area contributed by atoms with E-state index in [1.165, 1.54) is 32.4 Å². The molecule has 1 saturated heterocycles. The van der Waals surface area contributed by atoms with Crippen LogP contribution in [-0.2, 0) is 7.05 Å². The highest BCUT2D eigenvalue weighted by Gasteiger charge is 2.09. The minimum atomic E-state index is 0.740. The van der Waals surface area contributed by atoms with E-state index in [1.54, 1.807) is 4.68 Å². The number of aryl methyl sites for hydroxylation is 1. The van der Waals surface area contributed by atoms with Crippen molar-refractivity contribution in [3.63, 3.8) is 0 Å². The summed E-state index contributed by atoms with van der Waals surface area (Å²) in [5.41, 5.74) is 2.19. The normalized spacial score (nSPS) is 16.0. The number of hydrogen-bond acceptors (Lipinski definition) is 3. The maximum atomic E-state index is 5.88. The number of piperidine rings is 1. The van der Waals surface area contributed by atoms with Gasteiger partial charge in [0, 0.05) is 25.4 Å². The van der Waals surface area contributed by atoms with Crippen molar-refractivity contribution in [2.24, 2.45) is 7.05 Å². The number of hydrogen-bond donors (Lipinski definition) is 0. The Kier molecular flexibility index (Phi) is 4.55. The molecule has 1 radical (unpaired) electrons. The van der Waals surface area contributed by atoms with E-state index in [1.807, 2.05) is 31.6 Å². The molecule has 2 heterocycles. The van der Waals surface area contributed by atoms with E-state index in [0.29, 0.717) is 0 Å². The van der Waals surface area contributed by atoms with Crippen LogP contribution in [-0.4, -0.2) is 40.9 Å². The monoisotopic (exact) mass is 284 g/mol. The minimum Gasteiger partial charge on any atom is -0.492 e. The van der Waals surface area contributed by atoms with Crippen LogP contribution < -0.4 is 4.74 Å². The first-order valence-electron chi connectivity index (χ1n) is 7.66. The average molecular weight is 284 g/mol. The first-order valence-corrected chi connectivity index (χ1v) is 7.66. The van der Waals surface area contributed by atoms with Crippen molar-refractivity contribution in [2.75, 3.05) is 26.2 Å². The molecule has 1 aromatic heterocycles. The molecule has 0 spiro atoms. The fraction of sp³-hybridized carbons (Fsp3) is 0.471. The van der Waals surface area contributed by atoms with Gasteiger partial charge < -0.3 is 4.74 Å². The summed E-state index contributed by atoms with van der Waals surface area (Å²) < 4.78 is 7.68. The van der Waals surface area contributed by atoms with E-state index < -0.39 is 0 Å². The summed E-state index contributed by atoms with van der Waals surface area (Å²) in [6, 6.07) is 9.08. The number of likely N-dealkylation sites (tertiary alicyclic amines) is 1. The third kappa shape index (κ3) is 3.85. The summed E-state index contributed by atoms with van der Waals surface area (Å²) >= 11 is 0. The number of aromatic nitrogens is 2. The Labute approximate surface area is 126 Å². The Hall–Kier alpha value is -1.81. The highest BCUT2D eigenvalue weighted by molar-refractivity contribution is 5.63. The Morgan fingerprint density at radius 1 is 1.19 bits per heavy atom. The third-order valence-electron chi connectivity index (χ3n) is 3.93. The molecule has 1 aliphatic heterocycles. The highest BCUT2D eigenvalue weighted by atomic mass is 16.5. The van der Waals surface area contributed by atoms with E-state index in [9.17, 15) is 0 Å². The van der Waals surface area contributed by atoms with Crippen LogP contribution in [0.3, 0.4) is 0 Å². The molecule has 0 unspecified atom stereocenters. The van der Waals surface area contributed by atoms with E-state index in [-0.39, 0.29) is 0 Å². The molecule has 1 fully saturated rings. The molecule has 0 saturated carbocycles. The van der Waals surface area contributed by atoms with Crippen LogP contribution in [0.1, 0.15) is 19.3 Å². The molecule has 2 aromatic rings. The summed E-state index contributed by atoms with van der Waals surface area (Å²) in [4.78, 5) is 2.48. The van der Waals surface area contributed by atoms with Gasteiger partial charge in [-0.2, -0.15) is 5.10 Å². The van der Waals surface area contributed by atoms with E-state index in [4.69, 9.17) is 4.74 Å². The molecule has 1 aromatic carbocycles. The summed E-state index contributed by atoms with van der Waals surface area (Å²) in [6.07, 6.45) is 7.88. The van der Waals surface area contributed by atoms with Gasteiger partial charge in [0.15, 0.2) is 0 Å². The topological polar surface area (TPSA) is 30.3 Å². The van der Waals surface area contributed by atoms with Gasteiger partial charge in [0.2, 0.25) is 0 Å². The van der Waals surface area contributed by atoms with Crippen molar-refractivity contribution >= 4 is 0 Å². The van der Waals surface area contributed by atoms with Crippen molar-refractivity contribution in [1.29, 1.82) is 0 Å². The number of nitrogens with zero attached hydrogens (tertiary/aromatic N) is 3. The molecular weight excluding hydrogens is 262 g/mol. The lowest BCUT2D eigenvalue weighted by atomic mass is 10.1. The summed E-state index contributed by atoms with van der Waals surface area (Å²) in [6.45, 7) is 4.18. The first kappa shape index (κ1) is 14.1. The Morgan fingerprint density at radius 2 is 2.05 bits per heavy atom. The second-order valence-electron chi connectivity index (χ2n) is 5.61. The summed E-state index contributed by atoms with van der Waals surface area (Å²) in [5, 5.41) is 4.20. The molecule has 4 nitrogen and oxygen atoms in total. The maximum Gasteiger partial charge on any atom is 0.120 e. The van der Waals surface area contributed by atoms with Crippen LogP contribution in [0.2, 0.25) is 0 Å². The SMILES string of the molecule is Cn1cc(-c2c[c]cc(OCCN3CCCCC3)c2)cn1. The number of ether oxygens (including phenoxy) is 1. The van der Waals surface area contributed by atoms with Gasteiger partial charge in [-0.1, -0.05) is 6.42 Å². The molecule has 0 aliphatic carbocycles. The lowest BCUT2D eigenvalue weighted by molar-refractivity contribution is 0.183. The lowest BCUT2D eigenvalue weighted by Gasteiger charge is -2.26. The van der Waals surface area contributed by atoms with Gasteiger partial charge in [0.05, 0.1) is 6.20 Å². The van der Waals surface area contributed by atoms with Crippen LogP contribution >= 0.6 is 0 Å². The van der Waals surface area contributed by atoms with Crippen molar-refractivity contribution in [1.82, 2.24) is 14.7 Å². The quantitative estimate of drug-likeness (QED) is 0.846. The average Bonchev–Trinajstić information content (AvgIpc) is 2.95. The maximum absolute atomic E-state index is 5.88. The zero-order chi connectivity index (χ0) is 14.5. The molecule has 111 valence electrons. The molecule has 21 heavy (non-hydrogen) atoms. The largest absolute Gasteiger partial charge is 0.492 e. The zero-order valence-corrected chi connectivity index (χ0v) is 12.6. The standard InChI is InChI=1S/C17H22N3O/c1-19-14-16(13-18-19)15-6-5-7-17(12-15)21-11-10-20-8-3-2-4-9-20/h6-7,12-14H,2-4,8-11H2,1H3. The van der Waals surface area contributed by atoms with Crippen LogP contribution in [0, 0.1) is 6.07 Å². The predicted octanol–water partition coefficient (Wildman–Crippen LogP) is 2.75. The molecule has 4 heteroatoms. The van der Waals surface area contributed by atoms with Gasteiger partial charge in [-0.05, 0) is 55.8 Å². The van der Waals surface area contributed by atoms with E-state index in [2.05, 4.69) is 22.1 Å². The Bertz CT molecular complexity index is 573. The Morgan fingerprint density at radius 3 is 2.81 bits per heavy atom. The van der Waals surface area contributed by atoms with Crippen LogP contribution in [0.15, 0.2) is 30.6 Å². The molecule has 0 N–H and O–H groups in total. The summed E-state index contributed by atoms with van der Waals surface area (Å²) in [5.74, 6) is 0.883. The lowest BCUT2D eigenvalue weighted by Crippen LogP contribution is -2.33. The highest BCUT2D eigenvalue weighted by Crippen LogP contribution is 2.23. The fourth-order valence-corrected chi connectivity index (χ4v) is 2.75. The van der Waals surface area contributed by atoms with Crippen molar-refractivity contribution in [3.8, 4) is 16.9 Å². The van der Waals surface area contributed by atoms with Gasteiger partial charge in [0.25, 0.3) is 0 Å². The minimum absolute atomic E-state index is 0.740. The van der Waals surface area contributed by atoms with E-state index in [0.717, 1.165) is 30.0 Å². The third-order valence-corrected chi connectivity index (χ3v) is 3.93.